The van der Waals surface area contributed by atoms with Gasteiger partial charge in [0.05, 0.1) is 7.11 Å². The molecule has 1 atom stereocenters. The van der Waals surface area contributed by atoms with Crippen LogP contribution in [0.15, 0.2) is 11.4 Å². The van der Waals surface area contributed by atoms with E-state index in [2.05, 4.69) is 23.8 Å². The molecule has 2 heterocycles. The molecule has 6 heteroatoms. The SMILES string of the molecule is COC(=O)[C@H](C)Sc1ncnc2sc(C)c(C)c12. The van der Waals surface area contributed by atoms with Gasteiger partial charge in [0.25, 0.3) is 0 Å². The van der Waals surface area contributed by atoms with Crippen LogP contribution in [0.5, 0.6) is 0 Å². The first-order valence-corrected chi connectivity index (χ1v) is 7.19. The van der Waals surface area contributed by atoms with Gasteiger partial charge in [0, 0.05) is 10.3 Å². The highest BCUT2D eigenvalue weighted by Crippen LogP contribution is 2.35. The lowest BCUT2D eigenvalue weighted by Gasteiger charge is -2.08. The van der Waals surface area contributed by atoms with E-state index in [-0.39, 0.29) is 11.2 Å². The first-order chi connectivity index (χ1) is 8.54. The number of hydrogen-bond acceptors (Lipinski definition) is 6. The molecule has 0 aliphatic carbocycles. The lowest BCUT2D eigenvalue weighted by molar-refractivity contribution is -0.139. The molecule has 0 spiro atoms. The summed E-state index contributed by atoms with van der Waals surface area (Å²) in [5.41, 5.74) is 1.19. The van der Waals surface area contributed by atoms with Crippen molar-refractivity contribution < 1.29 is 9.53 Å². The molecule has 0 N–H and O–H groups in total. The Balaban J connectivity index is 2.42. The fraction of sp³-hybridized carbons (Fsp3) is 0.417. The zero-order valence-corrected chi connectivity index (χ0v) is 12.3. The van der Waals surface area contributed by atoms with Crippen LogP contribution in [0.3, 0.4) is 0 Å². The van der Waals surface area contributed by atoms with Gasteiger partial charge in [-0.05, 0) is 26.3 Å². The quantitative estimate of drug-likeness (QED) is 0.492. The Hall–Kier alpha value is -1.14. The maximum Gasteiger partial charge on any atom is 0.318 e. The van der Waals surface area contributed by atoms with Gasteiger partial charge >= 0.3 is 5.97 Å². The molecule has 2 aromatic rings. The van der Waals surface area contributed by atoms with Gasteiger partial charge in [0.2, 0.25) is 0 Å². The van der Waals surface area contributed by atoms with Crippen LogP contribution in [0, 0.1) is 13.8 Å². The lowest BCUT2D eigenvalue weighted by Crippen LogP contribution is -2.14. The first-order valence-electron chi connectivity index (χ1n) is 5.49. The second-order valence-electron chi connectivity index (χ2n) is 3.93. The summed E-state index contributed by atoms with van der Waals surface area (Å²) in [6.07, 6.45) is 1.55. The molecule has 0 unspecified atom stereocenters. The Labute approximate surface area is 114 Å². The summed E-state index contributed by atoms with van der Waals surface area (Å²) < 4.78 is 4.73. The van der Waals surface area contributed by atoms with E-state index >= 15 is 0 Å². The highest BCUT2D eigenvalue weighted by atomic mass is 32.2. The fourth-order valence-electron chi connectivity index (χ4n) is 1.62. The number of methoxy groups -OCH3 is 1. The van der Waals surface area contributed by atoms with Crippen molar-refractivity contribution in [3.05, 3.63) is 16.8 Å². The van der Waals surface area contributed by atoms with Gasteiger partial charge in [-0.25, -0.2) is 9.97 Å². The van der Waals surface area contributed by atoms with E-state index < -0.39 is 0 Å². The predicted molar refractivity (Wildman–Crippen MR) is 74.2 cm³/mol. The molecule has 0 aliphatic heterocycles. The van der Waals surface area contributed by atoms with Crippen LogP contribution >= 0.6 is 23.1 Å². The number of fused-ring (bicyclic) bond motifs is 1. The van der Waals surface area contributed by atoms with Gasteiger partial charge in [-0.15, -0.1) is 11.3 Å². The van der Waals surface area contributed by atoms with Gasteiger partial charge in [-0.1, -0.05) is 11.8 Å². The van der Waals surface area contributed by atoms with E-state index in [4.69, 9.17) is 4.74 Å². The van der Waals surface area contributed by atoms with E-state index in [1.807, 2.05) is 6.92 Å². The summed E-state index contributed by atoms with van der Waals surface area (Å²) in [5, 5.41) is 1.63. The van der Waals surface area contributed by atoms with Crippen LogP contribution < -0.4 is 0 Å². The van der Waals surface area contributed by atoms with Crippen molar-refractivity contribution >= 4 is 39.3 Å². The Morgan fingerprint density at radius 3 is 2.83 bits per heavy atom. The Bertz CT molecular complexity index is 595. The topological polar surface area (TPSA) is 52.1 Å². The highest BCUT2D eigenvalue weighted by molar-refractivity contribution is 8.00. The lowest BCUT2D eigenvalue weighted by atomic mass is 10.2. The zero-order chi connectivity index (χ0) is 13.3. The summed E-state index contributed by atoms with van der Waals surface area (Å²) in [5.74, 6) is -0.239. The van der Waals surface area contributed by atoms with Gasteiger partial charge in [0.1, 0.15) is 21.4 Å². The second-order valence-corrected chi connectivity index (χ2v) is 6.46. The third kappa shape index (κ3) is 2.35. The number of carbonyl (C=O) groups excluding carboxylic acids is 1. The molecule has 96 valence electrons. The monoisotopic (exact) mass is 282 g/mol. The summed E-state index contributed by atoms with van der Waals surface area (Å²) in [4.78, 5) is 22.2. The van der Waals surface area contributed by atoms with Crippen LogP contribution in [0.1, 0.15) is 17.4 Å². The van der Waals surface area contributed by atoms with Crippen molar-refractivity contribution in [2.45, 2.75) is 31.0 Å². The van der Waals surface area contributed by atoms with Gasteiger partial charge in [-0.3, -0.25) is 4.79 Å². The van der Waals surface area contributed by atoms with Gasteiger partial charge in [-0.2, -0.15) is 0 Å². The van der Waals surface area contributed by atoms with E-state index in [1.54, 1.807) is 17.7 Å². The molecule has 0 amide bonds. The maximum absolute atomic E-state index is 11.5. The number of aromatic nitrogens is 2. The maximum atomic E-state index is 11.5. The molecule has 4 nitrogen and oxygen atoms in total. The van der Waals surface area contributed by atoms with Crippen molar-refractivity contribution in [2.75, 3.05) is 7.11 Å². The van der Waals surface area contributed by atoms with Crippen molar-refractivity contribution in [1.82, 2.24) is 9.97 Å². The smallest absolute Gasteiger partial charge is 0.318 e. The Morgan fingerprint density at radius 2 is 2.17 bits per heavy atom. The molecule has 0 saturated carbocycles. The number of esters is 1. The van der Waals surface area contributed by atoms with Gasteiger partial charge in [0.15, 0.2) is 0 Å². The summed E-state index contributed by atoms with van der Waals surface area (Å²) in [7, 11) is 1.40. The molecule has 0 saturated heterocycles. The number of thiophene rings is 1. The summed E-state index contributed by atoms with van der Waals surface area (Å²) in [6, 6.07) is 0. The molecule has 2 aromatic heterocycles. The van der Waals surface area contributed by atoms with Crippen molar-refractivity contribution in [3.8, 4) is 0 Å². The predicted octanol–water partition coefficient (Wildman–Crippen LogP) is 2.96. The van der Waals surface area contributed by atoms with E-state index in [0.29, 0.717) is 0 Å². The minimum absolute atomic E-state index is 0.239. The molecule has 0 fully saturated rings. The molecule has 0 aromatic carbocycles. The molecular weight excluding hydrogens is 268 g/mol. The minimum atomic E-state index is -0.271. The molecular formula is C12H14N2O2S2. The number of aryl methyl sites for hydroxylation is 2. The second kappa shape index (κ2) is 5.24. The van der Waals surface area contributed by atoms with E-state index in [1.165, 1.54) is 29.3 Å². The molecule has 2 rings (SSSR count). The number of carbonyl (C=O) groups is 1. The van der Waals surface area contributed by atoms with Crippen molar-refractivity contribution in [1.29, 1.82) is 0 Å². The van der Waals surface area contributed by atoms with Crippen LogP contribution in [0.4, 0.5) is 0 Å². The average molecular weight is 282 g/mol. The molecule has 0 radical (unpaired) electrons. The average Bonchev–Trinajstić information content (AvgIpc) is 2.65. The molecule has 18 heavy (non-hydrogen) atoms. The highest BCUT2D eigenvalue weighted by Gasteiger charge is 2.19. The zero-order valence-electron chi connectivity index (χ0n) is 10.7. The summed E-state index contributed by atoms with van der Waals surface area (Å²) in [6.45, 7) is 5.95. The van der Waals surface area contributed by atoms with Crippen molar-refractivity contribution in [3.63, 3.8) is 0 Å². The van der Waals surface area contributed by atoms with Crippen molar-refractivity contribution in [2.24, 2.45) is 0 Å². The van der Waals surface area contributed by atoms with Crippen LogP contribution in [0.25, 0.3) is 10.2 Å². The van der Waals surface area contributed by atoms with E-state index in [9.17, 15) is 4.79 Å². The third-order valence-electron chi connectivity index (χ3n) is 2.75. The minimum Gasteiger partial charge on any atom is -0.468 e. The van der Waals surface area contributed by atoms with Gasteiger partial charge < -0.3 is 4.74 Å². The normalized spacial score (nSPS) is 12.7. The summed E-state index contributed by atoms with van der Waals surface area (Å²) >= 11 is 3.07. The number of ether oxygens (including phenoxy) is 1. The van der Waals surface area contributed by atoms with E-state index in [0.717, 1.165) is 15.2 Å². The number of nitrogens with zero attached hydrogens (tertiary/aromatic N) is 2. The Kier molecular flexibility index (Phi) is 3.87. The number of rotatable bonds is 3. The molecule has 0 bridgehead atoms. The standard InChI is InChI=1S/C12H14N2O2S2/c1-6-7(2)17-10-9(6)11(14-5-13-10)18-8(3)12(15)16-4/h5,8H,1-4H3/t8-/m0/s1. The number of thioether (sulfide) groups is 1. The third-order valence-corrected chi connectivity index (χ3v) is 4.95. The Morgan fingerprint density at radius 1 is 1.44 bits per heavy atom. The first kappa shape index (κ1) is 13.3. The van der Waals surface area contributed by atoms with Crippen LogP contribution in [0.2, 0.25) is 0 Å². The number of hydrogen-bond donors (Lipinski definition) is 0. The fourth-order valence-corrected chi connectivity index (χ4v) is 3.69. The molecule has 0 aliphatic rings. The van der Waals surface area contributed by atoms with Crippen LogP contribution in [-0.4, -0.2) is 28.3 Å². The van der Waals surface area contributed by atoms with Crippen LogP contribution in [-0.2, 0) is 9.53 Å². The largest absolute Gasteiger partial charge is 0.468 e.